The summed E-state index contributed by atoms with van der Waals surface area (Å²) in [5, 5.41) is 0. The molecule has 29 heavy (non-hydrogen) atoms. The smallest absolute Gasteiger partial charge is 0.0503 e. The van der Waals surface area contributed by atoms with Gasteiger partial charge < -0.3 is 9.47 Å². The molecule has 0 heterocycles. The van der Waals surface area contributed by atoms with E-state index in [1.54, 1.807) is 0 Å². The molecule has 0 aromatic rings. The van der Waals surface area contributed by atoms with Crippen molar-refractivity contribution in [3.63, 3.8) is 0 Å². The van der Waals surface area contributed by atoms with E-state index in [1.807, 2.05) is 0 Å². The number of hydrogen-bond acceptors (Lipinski definition) is 2. The molecular formula is C27H42O2. The summed E-state index contributed by atoms with van der Waals surface area (Å²) in [6, 6.07) is 0. The number of hydrogen-bond donors (Lipinski definition) is 0. The lowest BCUT2D eigenvalue weighted by Crippen LogP contribution is -2.29. The zero-order chi connectivity index (χ0) is 19.2. The fourth-order valence-corrected chi connectivity index (χ4v) is 8.89. The van der Waals surface area contributed by atoms with E-state index in [0.717, 1.165) is 73.8 Å². The highest BCUT2D eigenvalue weighted by Crippen LogP contribution is 2.51. The van der Waals surface area contributed by atoms with Crippen molar-refractivity contribution in [2.45, 2.75) is 70.6 Å². The van der Waals surface area contributed by atoms with Crippen molar-refractivity contribution in [2.75, 3.05) is 26.4 Å². The Kier molecular flexibility index (Phi) is 5.54. The van der Waals surface area contributed by atoms with Gasteiger partial charge in [-0.15, -0.1) is 0 Å². The minimum absolute atomic E-state index is 0.715. The standard InChI is InChI=1S/C27H42O2/c1-3-20-11-18(1)13-22(20)7-9-28-16-26-24-5-6-25(15-24)27(26)17-29-10-8-23-14-19-2-4-21(23)12-19/h5-6,18-27H,1-4,7-17H2/t18?,19?,20?,21?,22?,23?,24?,25?,26-,27+. The van der Waals surface area contributed by atoms with Crippen molar-refractivity contribution >= 4 is 0 Å². The molecule has 2 nitrogen and oxygen atoms in total. The molecule has 162 valence electrons. The molecule has 2 heteroatoms. The van der Waals surface area contributed by atoms with Crippen molar-refractivity contribution < 1.29 is 9.47 Å². The van der Waals surface area contributed by atoms with Crippen LogP contribution in [0.4, 0.5) is 0 Å². The van der Waals surface area contributed by atoms with E-state index in [2.05, 4.69) is 12.2 Å². The van der Waals surface area contributed by atoms with E-state index in [9.17, 15) is 0 Å². The van der Waals surface area contributed by atoms with Gasteiger partial charge in [0.05, 0.1) is 13.2 Å². The molecule has 0 saturated heterocycles. The third-order valence-electron chi connectivity index (χ3n) is 10.5. The molecule has 6 aliphatic carbocycles. The van der Waals surface area contributed by atoms with Crippen LogP contribution >= 0.6 is 0 Å². The second kappa shape index (κ2) is 8.30. The minimum atomic E-state index is 0.715. The van der Waals surface area contributed by atoms with Crippen LogP contribution < -0.4 is 0 Å². The van der Waals surface area contributed by atoms with Crippen LogP contribution in [0, 0.1) is 59.2 Å². The van der Waals surface area contributed by atoms with Crippen LogP contribution in [0.5, 0.6) is 0 Å². The van der Waals surface area contributed by atoms with E-state index in [4.69, 9.17) is 9.47 Å². The van der Waals surface area contributed by atoms with E-state index in [-0.39, 0.29) is 0 Å². The monoisotopic (exact) mass is 398 g/mol. The molecule has 0 spiro atoms. The minimum Gasteiger partial charge on any atom is -0.381 e. The summed E-state index contributed by atoms with van der Waals surface area (Å²) in [6.45, 7) is 3.96. The predicted molar refractivity (Wildman–Crippen MR) is 116 cm³/mol. The molecule has 0 amide bonds. The average molecular weight is 399 g/mol. The van der Waals surface area contributed by atoms with Crippen molar-refractivity contribution in [1.29, 1.82) is 0 Å². The molecule has 0 radical (unpaired) electrons. The molecular weight excluding hydrogens is 356 g/mol. The van der Waals surface area contributed by atoms with Gasteiger partial charge in [-0.05, 0) is 117 Å². The number of fused-ring (bicyclic) bond motifs is 6. The van der Waals surface area contributed by atoms with Crippen LogP contribution in [0.3, 0.4) is 0 Å². The first kappa shape index (κ1) is 19.4. The van der Waals surface area contributed by atoms with Gasteiger partial charge in [0.2, 0.25) is 0 Å². The summed E-state index contributed by atoms with van der Waals surface area (Å²) in [4.78, 5) is 0. The third kappa shape index (κ3) is 3.86. The second-order valence-electron chi connectivity index (χ2n) is 11.9. The molecule has 5 saturated carbocycles. The summed E-state index contributed by atoms with van der Waals surface area (Å²) < 4.78 is 12.6. The summed E-state index contributed by atoms with van der Waals surface area (Å²) >= 11 is 0. The SMILES string of the molecule is C1=CC2CC1[C@@H](COCCC1CC3CCC1C3)[C@H]2COCCC1CC2CCC1C2. The number of ether oxygens (including phenoxy) is 2. The Labute approximate surface area is 178 Å². The van der Waals surface area contributed by atoms with Gasteiger partial charge >= 0.3 is 0 Å². The molecule has 0 aromatic carbocycles. The van der Waals surface area contributed by atoms with Crippen molar-refractivity contribution in [3.8, 4) is 0 Å². The van der Waals surface area contributed by atoms with Crippen LogP contribution in [0.2, 0.25) is 0 Å². The molecule has 0 aromatic heterocycles. The number of rotatable bonds is 10. The average Bonchev–Trinajstić information content (AvgIpc) is 3.57. The molecule has 0 N–H and O–H groups in total. The quantitative estimate of drug-likeness (QED) is 0.326. The van der Waals surface area contributed by atoms with Crippen molar-refractivity contribution in [1.82, 2.24) is 0 Å². The van der Waals surface area contributed by atoms with E-state index >= 15 is 0 Å². The Morgan fingerprint density at radius 1 is 0.586 bits per heavy atom. The Morgan fingerprint density at radius 3 is 1.52 bits per heavy atom. The first-order valence-electron chi connectivity index (χ1n) is 13.2. The zero-order valence-electron chi connectivity index (χ0n) is 18.4. The highest BCUT2D eigenvalue weighted by molar-refractivity contribution is 5.13. The fraction of sp³-hybridized carbons (Fsp3) is 0.926. The van der Waals surface area contributed by atoms with Crippen LogP contribution in [0.25, 0.3) is 0 Å². The molecule has 10 atom stereocenters. The summed E-state index contributed by atoms with van der Waals surface area (Å²) in [6.07, 6.45) is 21.1. The van der Waals surface area contributed by atoms with Crippen molar-refractivity contribution in [3.05, 3.63) is 12.2 Å². The van der Waals surface area contributed by atoms with Crippen molar-refractivity contribution in [2.24, 2.45) is 59.2 Å². The maximum Gasteiger partial charge on any atom is 0.0503 e. The largest absolute Gasteiger partial charge is 0.381 e. The molecule has 6 rings (SSSR count). The zero-order valence-corrected chi connectivity index (χ0v) is 18.4. The third-order valence-corrected chi connectivity index (χ3v) is 10.5. The fourth-order valence-electron chi connectivity index (χ4n) is 8.89. The summed E-state index contributed by atoms with van der Waals surface area (Å²) in [5.41, 5.74) is 0. The van der Waals surface area contributed by atoms with E-state index in [1.165, 1.54) is 70.6 Å². The van der Waals surface area contributed by atoms with Gasteiger partial charge in [-0.3, -0.25) is 0 Å². The first-order chi connectivity index (χ1) is 14.3. The maximum atomic E-state index is 6.30. The van der Waals surface area contributed by atoms with Crippen LogP contribution in [0.1, 0.15) is 70.6 Å². The summed E-state index contributed by atoms with van der Waals surface area (Å²) in [7, 11) is 0. The Morgan fingerprint density at radius 2 is 1.10 bits per heavy atom. The van der Waals surface area contributed by atoms with Gasteiger partial charge in [0.1, 0.15) is 0 Å². The van der Waals surface area contributed by atoms with Crippen LogP contribution in [-0.4, -0.2) is 26.4 Å². The number of allylic oxidation sites excluding steroid dienone is 2. The van der Waals surface area contributed by atoms with Gasteiger partial charge in [0.15, 0.2) is 0 Å². The Bertz CT molecular complexity index is 549. The van der Waals surface area contributed by atoms with Gasteiger partial charge in [0.25, 0.3) is 0 Å². The van der Waals surface area contributed by atoms with Gasteiger partial charge in [0, 0.05) is 13.2 Å². The molecule has 8 unspecified atom stereocenters. The first-order valence-corrected chi connectivity index (χ1v) is 13.2. The highest BCUT2D eigenvalue weighted by atomic mass is 16.5. The second-order valence-corrected chi connectivity index (χ2v) is 11.9. The lowest BCUT2D eigenvalue weighted by atomic mass is 9.84. The normalized spacial score (nSPS) is 49.1. The lowest BCUT2D eigenvalue weighted by Gasteiger charge is -2.29. The van der Waals surface area contributed by atoms with Gasteiger partial charge in [-0.1, -0.05) is 25.0 Å². The topological polar surface area (TPSA) is 18.5 Å². The van der Waals surface area contributed by atoms with Crippen LogP contribution in [0.15, 0.2) is 12.2 Å². The highest BCUT2D eigenvalue weighted by Gasteiger charge is 2.45. The Hall–Kier alpha value is -0.340. The van der Waals surface area contributed by atoms with Gasteiger partial charge in [-0.2, -0.15) is 0 Å². The Balaban J connectivity index is 0.918. The maximum absolute atomic E-state index is 6.30. The molecule has 5 fully saturated rings. The summed E-state index contributed by atoms with van der Waals surface area (Å²) in [5.74, 6) is 9.17. The van der Waals surface area contributed by atoms with E-state index < -0.39 is 0 Å². The van der Waals surface area contributed by atoms with Crippen LogP contribution in [-0.2, 0) is 9.47 Å². The predicted octanol–water partition coefficient (Wildman–Crippen LogP) is 6.11. The van der Waals surface area contributed by atoms with Gasteiger partial charge in [-0.25, -0.2) is 0 Å². The molecule has 6 aliphatic rings. The molecule has 0 aliphatic heterocycles. The lowest BCUT2D eigenvalue weighted by molar-refractivity contribution is 0.0185. The van der Waals surface area contributed by atoms with E-state index in [0.29, 0.717) is 11.8 Å². The molecule has 6 bridgehead atoms.